The van der Waals surface area contributed by atoms with Crippen LogP contribution in [0.1, 0.15) is 0 Å². The topological polar surface area (TPSA) is 82.8 Å². The van der Waals surface area contributed by atoms with Crippen molar-refractivity contribution in [3.63, 3.8) is 0 Å². The molecule has 5 rings (SSSR count). The summed E-state index contributed by atoms with van der Waals surface area (Å²) in [6.45, 7) is 4.24. The van der Waals surface area contributed by atoms with Gasteiger partial charge in [0.25, 0.3) is 0 Å². The molecule has 3 heterocycles. The van der Waals surface area contributed by atoms with Gasteiger partial charge in [0, 0.05) is 61.6 Å². The number of hydrogen-bond acceptors (Lipinski definition) is 7. The van der Waals surface area contributed by atoms with Crippen LogP contribution >= 0.6 is 36.2 Å². The lowest BCUT2D eigenvalue weighted by Gasteiger charge is -2.33. The van der Waals surface area contributed by atoms with Gasteiger partial charge in [0.2, 0.25) is 15.2 Å². The van der Waals surface area contributed by atoms with Gasteiger partial charge in [-0.05, 0) is 12.1 Å². The molecule has 1 aliphatic rings. The van der Waals surface area contributed by atoms with E-state index in [0.717, 1.165) is 58.5 Å². The third kappa shape index (κ3) is 5.96. The summed E-state index contributed by atoms with van der Waals surface area (Å²) in [5.41, 5.74) is 5.34. The van der Waals surface area contributed by atoms with Gasteiger partial charge in [-0.2, -0.15) is 9.41 Å². The molecule has 0 unspecified atom stereocenters. The first-order valence-electron chi connectivity index (χ1n) is 10.9. The number of benzene rings is 2. The summed E-state index contributed by atoms with van der Waals surface area (Å²) >= 11 is 1.51. The zero-order valence-corrected chi connectivity index (χ0v) is 22.5. The monoisotopic (exact) mass is 554 g/mol. The van der Waals surface area contributed by atoms with E-state index in [1.54, 1.807) is 10.5 Å². The Bertz CT molecular complexity index is 1390. The number of fused-ring (bicyclic) bond motifs is 2. The predicted octanol–water partition coefficient (Wildman–Crippen LogP) is 3.60. The van der Waals surface area contributed by atoms with Gasteiger partial charge in [0.05, 0.1) is 17.3 Å². The van der Waals surface area contributed by atoms with Gasteiger partial charge >= 0.3 is 0 Å². The maximum absolute atomic E-state index is 11.8. The van der Waals surface area contributed by atoms with E-state index >= 15 is 0 Å². The number of thiazole rings is 1. The Labute approximate surface area is 221 Å². The minimum atomic E-state index is -3.12. The first kappa shape index (κ1) is 27.4. The van der Waals surface area contributed by atoms with Crippen LogP contribution in [0.5, 0.6) is 0 Å². The van der Waals surface area contributed by atoms with E-state index in [2.05, 4.69) is 56.3 Å². The Morgan fingerprint density at radius 1 is 0.943 bits per heavy atom. The normalized spacial score (nSPS) is 14.9. The molecule has 188 valence electrons. The molecule has 35 heavy (non-hydrogen) atoms. The SMILES string of the molecule is CS(=O)(=O)N1CCN(CCn2c3ccccc3c(=NNc3nccs3)c3ccccc32)CC1.Cl.Cl. The zero-order chi connectivity index (χ0) is 22.8. The first-order chi connectivity index (χ1) is 16.0. The van der Waals surface area contributed by atoms with Gasteiger partial charge in [-0.3, -0.25) is 10.3 Å². The Balaban J connectivity index is 0.00000171. The Morgan fingerprint density at radius 3 is 2.09 bits per heavy atom. The van der Waals surface area contributed by atoms with Crippen molar-refractivity contribution in [1.82, 2.24) is 18.8 Å². The number of rotatable bonds is 6. The second-order valence-electron chi connectivity index (χ2n) is 8.10. The van der Waals surface area contributed by atoms with E-state index in [9.17, 15) is 8.42 Å². The molecule has 12 heteroatoms. The number of para-hydroxylation sites is 2. The Hall–Kier alpha value is -2.21. The van der Waals surface area contributed by atoms with Crippen LogP contribution in [-0.2, 0) is 16.6 Å². The van der Waals surface area contributed by atoms with Crippen molar-refractivity contribution < 1.29 is 8.42 Å². The lowest BCUT2D eigenvalue weighted by molar-refractivity contribution is 0.184. The fourth-order valence-electron chi connectivity index (χ4n) is 4.36. The minimum Gasteiger partial charge on any atom is -0.339 e. The molecular formula is C23H28Cl2N6O2S2. The molecule has 0 aliphatic carbocycles. The van der Waals surface area contributed by atoms with Crippen LogP contribution in [0.3, 0.4) is 0 Å². The third-order valence-corrected chi connectivity index (χ3v) is 8.02. The lowest BCUT2D eigenvalue weighted by Crippen LogP contribution is -2.48. The van der Waals surface area contributed by atoms with E-state index in [-0.39, 0.29) is 24.8 Å². The highest BCUT2D eigenvalue weighted by Crippen LogP contribution is 2.20. The van der Waals surface area contributed by atoms with E-state index in [1.165, 1.54) is 17.6 Å². The molecule has 0 radical (unpaired) electrons. The number of hydrogen-bond donors (Lipinski definition) is 1. The molecule has 1 N–H and O–H groups in total. The van der Waals surface area contributed by atoms with Crippen LogP contribution in [-0.4, -0.2) is 66.2 Å². The smallest absolute Gasteiger partial charge is 0.211 e. The Kier molecular flexibility index (Phi) is 9.14. The van der Waals surface area contributed by atoms with E-state index in [4.69, 9.17) is 5.10 Å². The lowest BCUT2D eigenvalue weighted by atomic mass is 10.1. The van der Waals surface area contributed by atoms with Crippen LogP contribution in [0.2, 0.25) is 0 Å². The largest absolute Gasteiger partial charge is 0.339 e. The van der Waals surface area contributed by atoms with Crippen molar-refractivity contribution in [3.05, 3.63) is 65.5 Å². The van der Waals surface area contributed by atoms with Crippen LogP contribution in [0.4, 0.5) is 5.13 Å². The molecule has 8 nitrogen and oxygen atoms in total. The number of pyridine rings is 1. The summed E-state index contributed by atoms with van der Waals surface area (Å²) in [6.07, 6.45) is 3.04. The van der Waals surface area contributed by atoms with Gasteiger partial charge in [-0.15, -0.1) is 36.2 Å². The molecule has 2 aromatic carbocycles. The summed E-state index contributed by atoms with van der Waals surface area (Å²) in [5.74, 6) is 0. The Morgan fingerprint density at radius 2 is 1.54 bits per heavy atom. The van der Waals surface area contributed by atoms with Gasteiger partial charge in [0.1, 0.15) is 5.36 Å². The molecule has 2 aromatic heterocycles. The number of halogens is 2. The predicted molar refractivity (Wildman–Crippen MR) is 148 cm³/mol. The number of piperazine rings is 1. The van der Waals surface area contributed by atoms with Gasteiger partial charge in [-0.25, -0.2) is 13.4 Å². The molecule has 4 aromatic rings. The fourth-order valence-corrected chi connectivity index (χ4v) is 5.66. The molecule has 0 spiro atoms. The molecular weight excluding hydrogens is 527 g/mol. The maximum atomic E-state index is 11.8. The number of anilines is 1. The van der Waals surface area contributed by atoms with Crippen LogP contribution in [0, 0.1) is 0 Å². The van der Waals surface area contributed by atoms with Crippen molar-refractivity contribution >= 4 is 73.1 Å². The average Bonchev–Trinajstić information content (AvgIpc) is 3.34. The number of nitrogens with zero attached hydrogens (tertiary/aromatic N) is 5. The van der Waals surface area contributed by atoms with Crippen LogP contribution in [0.15, 0.2) is 65.2 Å². The number of aromatic nitrogens is 2. The highest BCUT2D eigenvalue weighted by Gasteiger charge is 2.23. The van der Waals surface area contributed by atoms with Gasteiger partial charge < -0.3 is 4.57 Å². The summed E-state index contributed by atoms with van der Waals surface area (Å²) < 4.78 is 27.5. The van der Waals surface area contributed by atoms with Crippen molar-refractivity contribution in [1.29, 1.82) is 0 Å². The van der Waals surface area contributed by atoms with Crippen molar-refractivity contribution in [3.8, 4) is 0 Å². The molecule has 0 saturated carbocycles. The number of nitrogens with one attached hydrogen (secondary N) is 1. The van der Waals surface area contributed by atoms with Crippen LogP contribution in [0.25, 0.3) is 21.8 Å². The summed E-state index contributed by atoms with van der Waals surface area (Å²) in [5, 5.41) is 10.5. The minimum absolute atomic E-state index is 0. The average molecular weight is 556 g/mol. The second kappa shape index (κ2) is 11.7. The zero-order valence-electron chi connectivity index (χ0n) is 19.2. The summed E-state index contributed by atoms with van der Waals surface area (Å²) in [4.78, 5) is 6.61. The van der Waals surface area contributed by atoms with Crippen molar-refractivity contribution in [2.75, 3.05) is 44.4 Å². The molecule has 0 bridgehead atoms. The maximum Gasteiger partial charge on any atom is 0.211 e. The third-order valence-electron chi connectivity index (χ3n) is 6.04. The molecule has 1 fully saturated rings. The standard InChI is InChI=1S/C23H26N6O2S2.2ClH/c1-33(30,31)28-14-11-27(12-15-28)13-16-29-20-8-4-2-6-18(20)22(19-7-3-5-9-21(19)29)25-26-23-24-10-17-32-23;;/h2-10,17H,11-16H2,1H3,(H,24,26);2*1H. The second-order valence-corrected chi connectivity index (χ2v) is 11.0. The highest BCUT2D eigenvalue weighted by molar-refractivity contribution is 7.88. The fraction of sp³-hybridized carbons (Fsp3) is 0.304. The molecule has 1 aliphatic heterocycles. The highest BCUT2D eigenvalue weighted by atomic mass is 35.5. The van der Waals surface area contributed by atoms with E-state index in [0.29, 0.717) is 13.1 Å². The molecule has 0 amide bonds. The van der Waals surface area contributed by atoms with Gasteiger partial charge in [0.15, 0.2) is 0 Å². The van der Waals surface area contributed by atoms with Crippen molar-refractivity contribution in [2.24, 2.45) is 5.10 Å². The summed E-state index contributed by atoms with van der Waals surface area (Å²) in [6, 6.07) is 16.6. The van der Waals surface area contributed by atoms with E-state index < -0.39 is 10.0 Å². The quantitative estimate of drug-likeness (QED) is 0.291. The van der Waals surface area contributed by atoms with Crippen LogP contribution < -0.4 is 10.8 Å². The van der Waals surface area contributed by atoms with E-state index in [1.807, 2.05) is 17.5 Å². The van der Waals surface area contributed by atoms with Gasteiger partial charge in [-0.1, -0.05) is 36.4 Å². The van der Waals surface area contributed by atoms with Crippen molar-refractivity contribution in [2.45, 2.75) is 6.54 Å². The number of sulfonamides is 1. The molecule has 0 atom stereocenters. The summed E-state index contributed by atoms with van der Waals surface area (Å²) in [7, 11) is -3.12. The first-order valence-corrected chi connectivity index (χ1v) is 13.6. The molecule has 1 saturated heterocycles.